The molecule has 1 aromatic rings. The average Bonchev–Trinajstić information content (AvgIpc) is 2.42. The first-order chi connectivity index (χ1) is 9.13. The zero-order valence-electron chi connectivity index (χ0n) is 11.3. The summed E-state index contributed by atoms with van der Waals surface area (Å²) in [5, 5.41) is 2.76. The Morgan fingerprint density at radius 3 is 2.63 bits per heavy atom. The Hall–Kier alpha value is -1.95. The summed E-state index contributed by atoms with van der Waals surface area (Å²) in [6.45, 7) is 2.73. The molecule has 0 saturated carbocycles. The lowest BCUT2D eigenvalue weighted by Crippen LogP contribution is -2.41. The molecule has 0 saturated heterocycles. The Labute approximate surface area is 112 Å². The van der Waals surface area contributed by atoms with Gasteiger partial charge in [-0.2, -0.15) is 0 Å². The highest BCUT2D eigenvalue weighted by Gasteiger charge is 2.12. The number of nitrogens with one attached hydrogen (secondary N) is 1. The maximum atomic E-state index is 11.7. The SMILES string of the molecule is COCCN(CC(=O)NCc1ccncc1)C(C)=O. The van der Waals surface area contributed by atoms with Crippen molar-refractivity contribution in [2.24, 2.45) is 0 Å². The molecule has 0 unspecified atom stereocenters. The van der Waals surface area contributed by atoms with Gasteiger partial charge >= 0.3 is 0 Å². The number of hydrogen-bond donors (Lipinski definition) is 1. The van der Waals surface area contributed by atoms with Gasteiger partial charge in [-0.25, -0.2) is 0 Å². The number of amides is 2. The van der Waals surface area contributed by atoms with Gasteiger partial charge in [-0.1, -0.05) is 0 Å². The second-order valence-electron chi connectivity index (χ2n) is 4.07. The number of ether oxygens (including phenoxy) is 1. The molecule has 0 fully saturated rings. The van der Waals surface area contributed by atoms with E-state index >= 15 is 0 Å². The number of carbonyl (C=O) groups is 2. The molecule has 19 heavy (non-hydrogen) atoms. The van der Waals surface area contributed by atoms with Crippen LogP contribution in [-0.4, -0.2) is 48.5 Å². The van der Waals surface area contributed by atoms with E-state index in [9.17, 15) is 9.59 Å². The van der Waals surface area contributed by atoms with Crippen LogP contribution in [0.4, 0.5) is 0 Å². The van der Waals surface area contributed by atoms with Gasteiger partial charge in [0.15, 0.2) is 0 Å². The quantitative estimate of drug-likeness (QED) is 0.764. The second-order valence-corrected chi connectivity index (χ2v) is 4.07. The fourth-order valence-corrected chi connectivity index (χ4v) is 1.48. The van der Waals surface area contributed by atoms with E-state index in [1.165, 1.54) is 11.8 Å². The number of methoxy groups -OCH3 is 1. The third-order valence-corrected chi connectivity index (χ3v) is 2.58. The average molecular weight is 265 g/mol. The molecule has 1 N–H and O–H groups in total. The lowest BCUT2D eigenvalue weighted by molar-refractivity contribution is -0.135. The number of rotatable bonds is 7. The van der Waals surface area contributed by atoms with Crippen LogP contribution in [-0.2, 0) is 20.9 Å². The highest BCUT2D eigenvalue weighted by molar-refractivity contribution is 5.83. The Morgan fingerprint density at radius 2 is 2.05 bits per heavy atom. The van der Waals surface area contributed by atoms with E-state index in [-0.39, 0.29) is 18.4 Å². The summed E-state index contributed by atoms with van der Waals surface area (Å²) in [6.07, 6.45) is 3.34. The van der Waals surface area contributed by atoms with Gasteiger partial charge in [0.25, 0.3) is 0 Å². The van der Waals surface area contributed by atoms with Crippen molar-refractivity contribution in [2.75, 3.05) is 26.8 Å². The van der Waals surface area contributed by atoms with Gasteiger partial charge in [0.2, 0.25) is 11.8 Å². The Morgan fingerprint density at radius 1 is 1.37 bits per heavy atom. The minimum Gasteiger partial charge on any atom is -0.383 e. The van der Waals surface area contributed by atoms with Crippen LogP contribution < -0.4 is 5.32 Å². The number of aromatic nitrogens is 1. The van der Waals surface area contributed by atoms with Gasteiger partial charge in [-0.15, -0.1) is 0 Å². The molecule has 2 amide bonds. The van der Waals surface area contributed by atoms with E-state index in [1.54, 1.807) is 19.5 Å². The van der Waals surface area contributed by atoms with Gasteiger partial charge in [0, 0.05) is 39.5 Å². The summed E-state index contributed by atoms with van der Waals surface area (Å²) in [6, 6.07) is 3.65. The smallest absolute Gasteiger partial charge is 0.239 e. The predicted octanol–water partition coefficient (Wildman–Crippen LogP) is 0.193. The second kappa shape index (κ2) is 8.20. The van der Waals surface area contributed by atoms with Crippen molar-refractivity contribution >= 4 is 11.8 Å². The van der Waals surface area contributed by atoms with Crippen LogP contribution in [0.1, 0.15) is 12.5 Å². The number of pyridine rings is 1. The summed E-state index contributed by atoms with van der Waals surface area (Å²) < 4.78 is 4.90. The minimum absolute atomic E-state index is 0.0454. The van der Waals surface area contributed by atoms with E-state index in [0.717, 1.165) is 5.56 Å². The number of nitrogens with zero attached hydrogens (tertiary/aromatic N) is 2. The Kier molecular flexibility index (Phi) is 6.52. The molecule has 0 aliphatic carbocycles. The summed E-state index contributed by atoms with van der Waals surface area (Å²) in [5.41, 5.74) is 0.967. The lowest BCUT2D eigenvalue weighted by Gasteiger charge is -2.19. The fourth-order valence-electron chi connectivity index (χ4n) is 1.48. The zero-order chi connectivity index (χ0) is 14.1. The Balaban J connectivity index is 2.38. The van der Waals surface area contributed by atoms with Crippen molar-refractivity contribution in [2.45, 2.75) is 13.5 Å². The molecule has 1 heterocycles. The molecule has 1 aromatic heterocycles. The molecule has 6 heteroatoms. The summed E-state index contributed by atoms with van der Waals surface area (Å²) in [7, 11) is 1.56. The largest absolute Gasteiger partial charge is 0.383 e. The van der Waals surface area contributed by atoms with Gasteiger partial charge in [0.1, 0.15) is 0 Å². The van der Waals surface area contributed by atoms with E-state index in [4.69, 9.17) is 4.74 Å². The molecular formula is C13H19N3O3. The highest BCUT2D eigenvalue weighted by Crippen LogP contribution is 1.95. The van der Waals surface area contributed by atoms with Crippen molar-refractivity contribution in [3.63, 3.8) is 0 Å². The molecule has 0 radical (unpaired) electrons. The summed E-state index contributed by atoms with van der Waals surface area (Å²) in [4.78, 5) is 28.4. The molecule has 6 nitrogen and oxygen atoms in total. The maximum Gasteiger partial charge on any atom is 0.239 e. The molecule has 104 valence electrons. The van der Waals surface area contributed by atoms with E-state index in [0.29, 0.717) is 19.7 Å². The van der Waals surface area contributed by atoms with Crippen LogP contribution >= 0.6 is 0 Å². The van der Waals surface area contributed by atoms with E-state index in [2.05, 4.69) is 10.3 Å². The third-order valence-electron chi connectivity index (χ3n) is 2.58. The van der Waals surface area contributed by atoms with Crippen LogP contribution in [0, 0.1) is 0 Å². The van der Waals surface area contributed by atoms with Crippen molar-refractivity contribution in [1.29, 1.82) is 0 Å². The number of carbonyl (C=O) groups excluding carboxylic acids is 2. The summed E-state index contributed by atoms with van der Waals surface area (Å²) in [5.74, 6) is -0.334. The molecule has 0 atom stereocenters. The van der Waals surface area contributed by atoms with Gasteiger partial charge in [-0.3, -0.25) is 14.6 Å². The molecule has 0 bridgehead atoms. The topological polar surface area (TPSA) is 71.5 Å². The van der Waals surface area contributed by atoms with Crippen molar-refractivity contribution < 1.29 is 14.3 Å². The normalized spacial score (nSPS) is 10.0. The van der Waals surface area contributed by atoms with Crippen molar-refractivity contribution in [3.05, 3.63) is 30.1 Å². The van der Waals surface area contributed by atoms with E-state index in [1.807, 2.05) is 12.1 Å². The standard InChI is InChI=1S/C13H19N3O3/c1-11(17)16(7-8-19-2)10-13(18)15-9-12-3-5-14-6-4-12/h3-6H,7-10H2,1-2H3,(H,15,18). The first-order valence-corrected chi connectivity index (χ1v) is 6.03. The third kappa shape index (κ3) is 5.96. The lowest BCUT2D eigenvalue weighted by atomic mass is 10.3. The molecule has 0 aliphatic rings. The van der Waals surface area contributed by atoms with Crippen molar-refractivity contribution in [1.82, 2.24) is 15.2 Å². The molecule has 0 aromatic carbocycles. The zero-order valence-corrected chi connectivity index (χ0v) is 11.3. The first-order valence-electron chi connectivity index (χ1n) is 6.03. The van der Waals surface area contributed by atoms with Gasteiger partial charge in [-0.05, 0) is 17.7 Å². The molecule has 0 spiro atoms. The maximum absolute atomic E-state index is 11.7. The highest BCUT2D eigenvalue weighted by atomic mass is 16.5. The predicted molar refractivity (Wildman–Crippen MR) is 70.2 cm³/mol. The minimum atomic E-state index is -0.192. The molecular weight excluding hydrogens is 246 g/mol. The monoisotopic (exact) mass is 265 g/mol. The van der Waals surface area contributed by atoms with Crippen LogP contribution in [0.2, 0.25) is 0 Å². The van der Waals surface area contributed by atoms with Crippen LogP contribution in [0.15, 0.2) is 24.5 Å². The van der Waals surface area contributed by atoms with Crippen LogP contribution in [0.25, 0.3) is 0 Å². The first kappa shape index (κ1) is 15.1. The number of hydrogen-bond acceptors (Lipinski definition) is 4. The summed E-state index contributed by atoms with van der Waals surface area (Å²) >= 11 is 0. The van der Waals surface area contributed by atoms with Gasteiger partial charge in [0.05, 0.1) is 13.2 Å². The van der Waals surface area contributed by atoms with Crippen LogP contribution in [0.5, 0.6) is 0 Å². The van der Waals surface area contributed by atoms with Crippen LogP contribution in [0.3, 0.4) is 0 Å². The fraction of sp³-hybridized carbons (Fsp3) is 0.462. The molecule has 1 rings (SSSR count). The Bertz CT molecular complexity index is 409. The van der Waals surface area contributed by atoms with Gasteiger partial charge < -0.3 is 15.0 Å². The molecule has 0 aliphatic heterocycles. The van der Waals surface area contributed by atoms with E-state index < -0.39 is 0 Å². The van der Waals surface area contributed by atoms with Crippen molar-refractivity contribution in [3.8, 4) is 0 Å².